The van der Waals surface area contributed by atoms with E-state index in [1.54, 1.807) is 6.08 Å². The van der Waals surface area contributed by atoms with Crippen molar-refractivity contribution in [2.75, 3.05) is 20.3 Å². The van der Waals surface area contributed by atoms with Gasteiger partial charge in [-0.2, -0.15) is 0 Å². The molecule has 0 atom stereocenters. The fourth-order valence-electron chi connectivity index (χ4n) is 1.71. The first-order valence-electron chi connectivity index (χ1n) is 6.31. The number of aliphatic hydroxyl groups excluding tert-OH is 1. The van der Waals surface area contributed by atoms with Gasteiger partial charge in [-0.3, -0.25) is 0 Å². The van der Waals surface area contributed by atoms with Gasteiger partial charge >= 0.3 is 5.97 Å². The first-order chi connectivity index (χ1) is 9.22. The van der Waals surface area contributed by atoms with Crippen molar-refractivity contribution >= 4 is 5.97 Å². The summed E-state index contributed by atoms with van der Waals surface area (Å²) < 4.78 is 10.3. The fourth-order valence-corrected chi connectivity index (χ4v) is 1.71. The van der Waals surface area contributed by atoms with E-state index in [1.165, 1.54) is 7.11 Å². The van der Waals surface area contributed by atoms with Crippen LogP contribution in [0.2, 0.25) is 0 Å². The molecule has 0 fully saturated rings. The van der Waals surface area contributed by atoms with Crippen molar-refractivity contribution in [3.63, 3.8) is 0 Å². The van der Waals surface area contributed by atoms with Crippen LogP contribution in [0.15, 0.2) is 35.9 Å². The van der Waals surface area contributed by atoms with Crippen LogP contribution in [0.25, 0.3) is 0 Å². The molecule has 0 bridgehead atoms. The molecule has 0 aliphatic carbocycles. The Labute approximate surface area is 113 Å². The first kappa shape index (κ1) is 15.2. The van der Waals surface area contributed by atoms with Crippen LogP contribution in [0.3, 0.4) is 0 Å². The van der Waals surface area contributed by atoms with E-state index in [0.717, 1.165) is 11.3 Å². The zero-order valence-corrected chi connectivity index (χ0v) is 11.4. The Morgan fingerprint density at radius 3 is 2.74 bits per heavy atom. The average molecular weight is 264 g/mol. The first-order valence-corrected chi connectivity index (χ1v) is 6.31. The van der Waals surface area contributed by atoms with Gasteiger partial charge in [0, 0.05) is 12.2 Å². The van der Waals surface area contributed by atoms with Crippen LogP contribution in [-0.4, -0.2) is 31.4 Å². The molecule has 0 saturated heterocycles. The summed E-state index contributed by atoms with van der Waals surface area (Å²) in [6.07, 6.45) is 2.88. The third-order valence-electron chi connectivity index (χ3n) is 2.75. The van der Waals surface area contributed by atoms with Gasteiger partial charge in [-0.25, -0.2) is 4.79 Å². The minimum Gasteiger partial charge on any atom is -0.489 e. The number of rotatable bonds is 7. The molecule has 0 saturated carbocycles. The summed E-state index contributed by atoms with van der Waals surface area (Å²) >= 11 is 0. The number of carbonyl (C=O) groups is 1. The van der Waals surface area contributed by atoms with Crippen molar-refractivity contribution in [3.05, 3.63) is 41.5 Å². The average Bonchev–Trinajstić information content (AvgIpc) is 2.45. The van der Waals surface area contributed by atoms with E-state index < -0.39 is 0 Å². The van der Waals surface area contributed by atoms with Crippen LogP contribution in [0.1, 0.15) is 18.9 Å². The highest BCUT2D eigenvalue weighted by atomic mass is 16.5. The van der Waals surface area contributed by atoms with Crippen molar-refractivity contribution in [1.29, 1.82) is 0 Å². The minimum atomic E-state index is -0.324. The Morgan fingerprint density at radius 1 is 1.37 bits per heavy atom. The molecule has 4 heteroatoms. The van der Waals surface area contributed by atoms with E-state index >= 15 is 0 Å². The molecule has 1 aromatic rings. The number of para-hydroxylation sites is 1. The Morgan fingerprint density at radius 2 is 2.11 bits per heavy atom. The lowest BCUT2D eigenvalue weighted by Gasteiger charge is -2.09. The van der Waals surface area contributed by atoms with Crippen molar-refractivity contribution < 1.29 is 19.4 Å². The number of ether oxygens (including phenoxy) is 2. The smallest absolute Gasteiger partial charge is 0.333 e. The number of hydrogen-bond donors (Lipinski definition) is 1. The summed E-state index contributed by atoms with van der Waals surface area (Å²) in [5.41, 5.74) is 1.55. The lowest BCUT2D eigenvalue weighted by molar-refractivity contribution is -0.136. The molecule has 1 aromatic carbocycles. The SMILES string of the molecule is CC/C(=C/COc1ccccc1CCO)C(=O)OC. The topological polar surface area (TPSA) is 55.8 Å². The Bertz CT molecular complexity index is 438. The molecule has 0 unspecified atom stereocenters. The molecule has 104 valence electrons. The Kier molecular flexibility index (Phi) is 6.68. The maximum Gasteiger partial charge on any atom is 0.333 e. The molecule has 0 aliphatic heterocycles. The minimum absolute atomic E-state index is 0.0819. The van der Waals surface area contributed by atoms with Crippen LogP contribution in [0.5, 0.6) is 5.75 Å². The highest BCUT2D eigenvalue weighted by molar-refractivity contribution is 5.88. The highest BCUT2D eigenvalue weighted by Gasteiger charge is 2.07. The number of benzene rings is 1. The highest BCUT2D eigenvalue weighted by Crippen LogP contribution is 2.18. The predicted molar refractivity (Wildman–Crippen MR) is 73.1 cm³/mol. The molecule has 0 radical (unpaired) electrons. The Hall–Kier alpha value is -1.81. The second-order valence-corrected chi connectivity index (χ2v) is 3.97. The van der Waals surface area contributed by atoms with Crippen molar-refractivity contribution in [2.24, 2.45) is 0 Å². The molecule has 4 nitrogen and oxygen atoms in total. The molecule has 0 spiro atoms. The summed E-state index contributed by atoms with van der Waals surface area (Å²) in [5.74, 6) is 0.405. The molecule has 0 aliphatic rings. The van der Waals surface area contributed by atoms with Crippen LogP contribution in [0, 0.1) is 0 Å². The van der Waals surface area contributed by atoms with Crippen LogP contribution in [-0.2, 0) is 16.0 Å². The van der Waals surface area contributed by atoms with E-state index in [2.05, 4.69) is 4.74 Å². The molecule has 19 heavy (non-hydrogen) atoms. The van der Waals surface area contributed by atoms with Crippen LogP contribution < -0.4 is 4.74 Å². The van der Waals surface area contributed by atoms with Gasteiger partial charge in [0.15, 0.2) is 0 Å². The number of aliphatic hydroxyl groups is 1. The lowest BCUT2D eigenvalue weighted by atomic mass is 10.1. The van der Waals surface area contributed by atoms with E-state index in [9.17, 15) is 4.79 Å². The monoisotopic (exact) mass is 264 g/mol. The summed E-state index contributed by atoms with van der Waals surface area (Å²) in [7, 11) is 1.36. The van der Waals surface area contributed by atoms with Gasteiger partial charge < -0.3 is 14.6 Å². The van der Waals surface area contributed by atoms with E-state index in [4.69, 9.17) is 9.84 Å². The van der Waals surface area contributed by atoms with E-state index in [0.29, 0.717) is 25.0 Å². The summed E-state index contributed by atoms with van der Waals surface area (Å²) in [4.78, 5) is 11.4. The molecule has 1 rings (SSSR count). The third-order valence-corrected chi connectivity index (χ3v) is 2.75. The molecule has 0 heterocycles. The molecule has 0 aromatic heterocycles. The van der Waals surface area contributed by atoms with E-state index in [-0.39, 0.29) is 12.6 Å². The number of methoxy groups -OCH3 is 1. The van der Waals surface area contributed by atoms with Gasteiger partial charge in [-0.15, -0.1) is 0 Å². The summed E-state index contributed by atoms with van der Waals surface area (Å²) in [6, 6.07) is 7.54. The van der Waals surface area contributed by atoms with Gasteiger partial charge in [0.1, 0.15) is 12.4 Å². The number of hydrogen-bond acceptors (Lipinski definition) is 4. The second-order valence-electron chi connectivity index (χ2n) is 3.97. The summed E-state index contributed by atoms with van der Waals surface area (Å²) in [6.45, 7) is 2.28. The quantitative estimate of drug-likeness (QED) is 0.605. The molecule has 0 amide bonds. The maximum atomic E-state index is 11.4. The molecular weight excluding hydrogens is 244 g/mol. The second kappa shape index (κ2) is 8.32. The van der Waals surface area contributed by atoms with Crippen LogP contribution in [0.4, 0.5) is 0 Å². The molecular formula is C15H20O4. The normalized spacial score (nSPS) is 11.2. The lowest BCUT2D eigenvalue weighted by Crippen LogP contribution is -2.06. The standard InChI is InChI=1S/C15H20O4/c1-3-12(15(17)18-2)9-11-19-14-7-5-4-6-13(14)8-10-16/h4-7,9,16H,3,8,10-11H2,1-2H3/b12-9-. The van der Waals surface area contributed by atoms with Gasteiger partial charge in [-0.05, 0) is 30.5 Å². The largest absolute Gasteiger partial charge is 0.489 e. The maximum absolute atomic E-state index is 11.4. The zero-order chi connectivity index (χ0) is 14.1. The van der Waals surface area contributed by atoms with E-state index in [1.807, 2.05) is 31.2 Å². The predicted octanol–water partition coefficient (Wildman–Crippen LogP) is 2.11. The van der Waals surface area contributed by atoms with Gasteiger partial charge in [0.25, 0.3) is 0 Å². The zero-order valence-electron chi connectivity index (χ0n) is 11.4. The summed E-state index contributed by atoms with van der Waals surface area (Å²) in [5, 5.41) is 8.97. The van der Waals surface area contributed by atoms with Crippen molar-refractivity contribution in [3.8, 4) is 5.75 Å². The third kappa shape index (κ3) is 4.75. The van der Waals surface area contributed by atoms with Gasteiger partial charge in [0.2, 0.25) is 0 Å². The Balaban J connectivity index is 2.66. The number of esters is 1. The van der Waals surface area contributed by atoms with Crippen molar-refractivity contribution in [1.82, 2.24) is 0 Å². The van der Waals surface area contributed by atoms with Gasteiger partial charge in [0.05, 0.1) is 7.11 Å². The number of carbonyl (C=O) groups excluding carboxylic acids is 1. The fraction of sp³-hybridized carbons (Fsp3) is 0.400. The van der Waals surface area contributed by atoms with Gasteiger partial charge in [-0.1, -0.05) is 25.1 Å². The van der Waals surface area contributed by atoms with Crippen LogP contribution >= 0.6 is 0 Å². The van der Waals surface area contributed by atoms with Crippen molar-refractivity contribution in [2.45, 2.75) is 19.8 Å². The molecule has 1 N–H and O–H groups in total.